The first kappa shape index (κ1) is 9.50. The van der Waals surface area contributed by atoms with Crippen LogP contribution in [0.3, 0.4) is 0 Å². The van der Waals surface area contributed by atoms with Crippen molar-refractivity contribution >= 4 is 5.78 Å². The summed E-state index contributed by atoms with van der Waals surface area (Å²) in [5, 5.41) is 0. The maximum Gasteiger partial charge on any atom is 0.158 e. The highest BCUT2D eigenvalue weighted by molar-refractivity contribution is 5.97. The van der Waals surface area contributed by atoms with E-state index in [1.807, 2.05) is 0 Å². The van der Waals surface area contributed by atoms with Crippen LogP contribution >= 0.6 is 0 Å². The van der Waals surface area contributed by atoms with E-state index in [0.717, 1.165) is 24.8 Å². The van der Waals surface area contributed by atoms with Gasteiger partial charge in [0.25, 0.3) is 0 Å². The lowest BCUT2D eigenvalue weighted by Crippen LogP contribution is -2.12. The van der Waals surface area contributed by atoms with Crippen molar-refractivity contribution < 1.29 is 4.79 Å². The number of Topliss-reactive ketones (excluding diaryl/α,β-unsaturated/α-hetero) is 1. The van der Waals surface area contributed by atoms with E-state index in [9.17, 15) is 4.79 Å². The van der Waals surface area contributed by atoms with Gasteiger partial charge in [-0.05, 0) is 29.7 Å². The van der Waals surface area contributed by atoms with Gasteiger partial charge in [-0.2, -0.15) is 0 Å². The Morgan fingerprint density at radius 2 is 2.08 bits per heavy atom. The van der Waals surface area contributed by atoms with Crippen LogP contribution in [-0.4, -0.2) is 5.78 Å². The topological polar surface area (TPSA) is 17.1 Å². The Hall–Kier alpha value is -0.590. The molecule has 0 aromatic heterocycles. The first-order valence-electron chi connectivity index (χ1n) is 4.62. The lowest BCUT2D eigenvalue weighted by Gasteiger charge is -2.22. The van der Waals surface area contributed by atoms with E-state index in [4.69, 9.17) is 0 Å². The SMILES string of the molecule is C=C1C(=O)CCC1CC(C)(C)C. The molecule has 0 aliphatic heterocycles. The third-order valence-corrected chi connectivity index (χ3v) is 2.43. The summed E-state index contributed by atoms with van der Waals surface area (Å²) in [5.74, 6) is 0.738. The fourth-order valence-electron chi connectivity index (χ4n) is 1.83. The average Bonchev–Trinajstić information content (AvgIpc) is 2.16. The van der Waals surface area contributed by atoms with Crippen LogP contribution in [0.1, 0.15) is 40.0 Å². The first-order chi connectivity index (χ1) is 5.40. The van der Waals surface area contributed by atoms with Crippen molar-refractivity contribution in [1.82, 2.24) is 0 Å². The van der Waals surface area contributed by atoms with Crippen LogP contribution < -0.4 is 0 Å². The molecule has 0 aromatic rings. The molecule has 0 heterocycles. The maximum atomic E-state index is 11.2. The van der Waals surface area contributed by atoms with E-state index in [0.29, 0.717) is 11.3 Å². The molecule has 0 aromatic carbocycles. The summed E-state index contributed by atoms with van der Waals surface area (Å²) in [6.45, 7) is 10.5. The van der Waals surface area contributed by atoms with Crippen LogP contribution in [0.25, 0.3) is 0 Å². The van der Waals surface area contributed by atoms with Crippen LogP contribution in [0, 0.1) is 11.3 Å². The number of rotatable bonds is 1. The monoisotopic (exact) mass is 166 g/mol. The third kappa shape index (κ3) is 2.20. The van der Waals surface area contributed by atoms with Gasteiger partial charge in [0.05, 0.1) is 0 Å². The molecular formula is C11H18O. The zero-order chi connectivity index (χ0) is 9.35. The highest BCUT2D eigenvalue weighted by atomic mass is 16.1. The highest BCUT2D eigenvalue weighted by Gasteiger charge is 2.29. The summed E-state index contributed by atoms with van der Waals surface area (Å²) in [6.07, 6.45) is 2.84. The first-order valence-corrected chi connectivity index (χ1v) is 4.62. The fraction of sp³-hybridized carbons (Fsp3) is 0.727. The molecule has 1 atom stereocenters. The maximum absolute atomic E-state index is 11.2. The summed E-state index contributed by atoms with van der Waals surface area (Å²) in [4.78, 5) is 11.2. The Kier molecular flexibility index (Phi) is 2.41. The summed E-state index contributed by atoms with van der Waals surface area (Å²) in [5.41, 5.74) is 1.18. The third-order valence-electron chi connectivity index (χ3n) is 2.43. The van der Waals surface area contributed by atoms with Gasteiger partial charge in [-0.25, -0.2) is 0 Å². The van der Waals surface area contributed by atoms with Gasteiger partial charge in [-0.3, -0.25) is 4.79 Å². The normalized spacial score (nSPS) is 25.1. The molecule has 0 N–H and O–H groups in total. The molecule has 0 amide bonds. The summed E-state index contributed by atoms with van der Waals surface area (Å²) >= 11 is 0. The van der Waals surface area contributed by atoms with Gasteiger partial charge in [0.1, 0.15) is 0 Å². The molecule has 12 heavy (non-hydrogen) atoms. The highest BCUT2D eigenvalue weighted by Crippen LogP contribution is 2.36. The minimum Gasteiger partial charge on any atom is -0.295 e. The number of hydrogen-bond acceptors (Lipinski definition) is 1. The summed E-state index contributed by atoms with van der Waals surface area (Å²) < 4.78 is 0. The van der Waals surface area contributed by atoms with Gasteiger partial charge >= 0.3 is 0 Å². The number of hydrogen-bond donors (Lipinski definition) is 0. The van der Waals surface area contributed by atoms with E-state index < -0.39 is 0 Å². The van der Waals surface area contributed by atoms with Gasteiger partial charge in [0.15, 0.2) is 5.78 Å². The Morgan fingerprint density at radius 3 is 2.42 bits per heavy atom. The summed E-state index contributed by atoms with van der Waals surface area (Å²) in [6, 6.07) is 0. The second-order valence-corrected chi connectivity index (χ2v) is 4.95. The predicted molar refractivity (Wildman–Crippen MR) is 50.9 cm³/mol. The minimum absolute atomic E-state index is 0.282. The predicted octanol–water partition coefficient (Wildman–Crippen LogP) is 2.96. The van der Waals surface area contributed by atoms with Crippen molar-refractivity contribution in [1.29, 1.82) is 0 Å². The average molecular weight is 166 g/mol. The fourth-order valence-corrected chi connectivity index (χ4v) is 1.83. The van der Waals surface area contributed by atoms with E-state index >= 15 is 0 Å². The second kappa shape index (κ2) is 3.04. The van der Waals surface area contributed by atoms with Gasteiger partial charge in [0.2, 0.25) is 0 Å². The zero-order valence-corrected chi connectivity index (χ0v) is 8.31. The zero-order valence-electron chi connectivity index (χ0n) is 8.31. The molecule has 68 valence electrons. The molecule has 0 saturated heterocycles. The summed E-state index contributed by atoms with van der Waals surface area (Å²) in [7, 11) is 0. The lowest BCUT2D eigenvalue weighted by molar-refractivity contribution is -0.114. The molecule has 1 heteroatoms. The Morgan fingerprint density at radius 1 is 1.50 bits per heavy atom. The Balaban J connectivity index is 2.56. The number of ketones is 1. The molecule has 0 bridgehead atoms. The van der Waals surface area contributed by atoms with Crippen LogP contribution in [0.15, 0.2) is 12.2 Å². The lowest BCUT2D eigenvalue weighted by atomic mass is 9.82. The standard InChI is InChI=1S/C11H18O/c1-8-9(5-6-10(8)12)7-11(2,3)4/h9H,1,5-7H2,2-4H3. The molecule has 1 rings (SSSR count). The van der Waals surface area contributed by atoms with Gasteiger partial charge in [-0.15, -0.1) is 0 Å². The van der Waals surface area contributed by atoms with E-state index in [-0.39, 0.29) is 5.78 Å². The molecule has 1 unspecified atom stereocenters. The molecule has 1 aliphatic rings. The van der Waals surface area contributed by atoms with Gasteiger partial charge < -0.3 is 0 Å². The van der Waals surface area contributed by atoms with Crippen molar-refractivity contribution in [2.75, 3.05) is 0 Å². The minimum atomic E-state index is 0.282. The van der Waals surface area contributed by atoms with Crippen LogP contribution in [-0.2, 0) is 4.79 Å². The van der Waals surface area contributed by atoms with Gasteiger partial charge in [-0.1, -0.05) is 27.4 Å². The van der Waals surface area contributed by atoms with Crippen LogP contribution in [0.4, 0.5) is 0 Å². The molecular weight excluding hydrogens is 148 g/mol. The quantitative estimate of drug-likeness (QED) is 0.547. The Labute approximate surface area is 74.9 Å². The number of carbonyl (C=O) groups is 1. The largest absolute Gasteiger partial charge is 0.295 e. The van der Waals surface area contributed by atoms with Crippen molar-refractivity contribution in [3.05, 3.63) is 12.2 Å². The van der Waals surface area contributed by atoms with Crippen LogP contribution in [0.5, 0.6) is 0 Å². The molecule has 0 radical (unpaired) electrons. The Bertz CT molecular complexity index is 208. The van der Waals surface area contributed by atoms with Crippen LogP contribution in [0.2, 0.25) is 0 Å². The van der Waals surface area contributed by atoms with Crippen molar-refractivity contribution in [3.63, 3.8) is 0 Å². The van der Waals surface area contributed by atoms with Crippen molar-refractivity contribution in [3.8, 4) is 0 Å². The van der Waals surface area contributed by atoms with Crippen molar-refractivity contribution in [2.24, 2.45) is 11.3 Å². The van der Waals surface area contributed by atoms with E-state index in [2.05, 4.69) is 27.4 Å². The van der Waals surface area contributed by atoms with Crippen molar-refractivity contribution in [2.45, 2.75) is 40.0 Å². The van der Waals surface area contributed by atoms with E-state index in [1.165, 1.54) is 0 Å². The smallest absolute Gasteiger partial charge is 0.158 e. The molecule has 1 saturated carbocycles. The molecule has 0 spiro atoms. The van der Waals surface area contributed by atoms with Gasteiger partial charge in [0, 0.05) is 6.42 Å². The molecule has 1 nitrogen and oxygen atoms in total. The number of allylic oxidation sites excluding steroid dienone is 1. The molecule has 1 aliphatic carbocycles. The second-order valence-electron chi connectivity index (χ2n) is 4.95. The number of carbonyl (C=O) groups excluding carboxylic acids is 1. The van der Waals surface area contributed by atoms with E-state index in [1.54, 1.807) is 0 Å². The molecule has 1 fully saturated rings.